The monoisotopic (exact) mass is 264 g/mol. The van der Waals surface area contributed by atoms with E-state index >= 15 is 0 Å². The maximum absolute atomic E-state index is 11.8. The van der Waals surface area contributed by atoms with Crippen LogP contribution in [0.4, 0.5) is 0 Å². The first kappa shape index (κ1) is 15.0. The van der Waals surface area contributed by atoms with Gasteiger partial charge in [-0.2, -0.15) is 0 Å². The van der Waals surface area contributed by atoms with Gasteiger partial charge >= 0.3 is 0 Å². The molecule has 0 saturated carbocycles. The molecule has 0 aliphatic carbocycles. The van der Waals surface area contributed by atoms with E-state index in [0.717, 1.165) is 5.56 Å². The third-order valence-electron chi connectivity index (χ3n) is 2.74. The Hall–Kier alpha value is -2.04. The Morgan fingerprint density at radius 1 is 1.21 bits per heavy atom. The number of carbonyl (C=O) groups excluding carboxylic acids is 1. The van der Waals surface area contributed by atoms with Gasteiger partial charge in [0.05, 0.1) is 20.6 Å². The van der Waals surface area contributed by atoms with E-state index in [1.807, 2.05) is 20.2 Å². The average molecular weight is 264 g/mol. The van der Waals surface area contributed by atoms with Crippen molar-refractivity contribution in [3.63, 3.8) is 0 Å². The van der Waals surface area contributed by atoms with Gasteiger partial charge in [0, 0.05) is 14.1 Å². The van der Waals surface area contributed by atoms with Gasteiger partial charge in [-0.25, -0.2) is 4.99 Å². The number of hydrogen-bond acceptors (Lipinski definition) is 3. The predicted octanol–water partition coefficient (Wildman–Crippen LogP) is 1.75. The lowest BCUT2D eigenvalue weighted by Crippen LogP contribution is -2.20. The topological polar surface area (TPSA) is 51.1 Å². The number of ether oxygens (including phenoxy) is 2. The fourth-order valence-corrected chi connectivity index (χ4v) is 1.49. The Kier molecular flexibility index (Phi) is 5.36. The summed E-state index contributed by atoms with van der Waals surface area (Å²) in [5.74, 6) is 1.76. The molecule has 1 aromatic carbocycles. The van der Waals surface area contributed by atoms with E-state index in [1.165, 1.54) is 0 Å². The van der Waals surface area contributed by atoms with Gasteiger partial charge in [0.1, 0.15) is 5.84 Å². The van der Waals surface area contributed by atoms with Crippen molar-refractivity contribution in [2.45, 2.75) is 13.3 Å². The number of methoxy groups -OCH3 is 2. The summed E-state index contributed by atoms with van der Waals surface area (Å²) in [6.07, 6.45) is 0.242. The fourth-order valence-electron chi connectivity index (χ4n) is 1.49. The van der Waals surface area contributed by atoms with Gasteiger partial charge in [0.15, 0.2) is 11.5 Å². The third-order valence-corrected chi connectivity index (χ3v) is 2.74. The molecule has 5 nitrogen and oxygen atoms in total. The quantitative estimate of drug-likeness (QED) is 0.614. The van der Waals surface area contributed by atoms with E-state index in [9.17, 15) is 4.79 Å². The second-order valence-electron chi connectivity index (χ2n) is 4.31. The minimum atomic E-state index is -0.182. The molecule has 0 saturated heterocycles. The number of hydrogen-bond donors (Lipinski definition) is 0. The van der Waals surface area contributed by atoms with Crippen molar-refractivity contribution in [1.29, 1.82) is 0 Å². The van der Waals surface area contributed by atoms with Crippen LogP contribution in [0.1, 0.15) is 12.5 Å². The molecule has 0 fully saturated rings. The van der Waals surface area contributed by atoms with Gasteiger partial charge in [-0.3, -0.25) is 4.79 Å². The second kappa shape index (κ2) is 6.78. The van der Waals surface area contributed by atoms with Crippen LogP contribution in [0.5, 0.6) is 11.5 Å². The number of aliphatic imine (C=N–C) groups is 1. The van der Waals surface area contributed by atoms with Crippen LogP contribution < -0.4 is 9.47 Å². The highest BCUT2D eigenvalue weighted by molar-refractivity contribution is 5.93. The SMILES string of the molecule is COc1ccc(CC(=O)/N=C(\C)N(C)C)cc1OC. The van der Waals surface area contributed by atoms with Crippen LogP contribution in [0.15, 0.2) is 23.2 Å². The first-order valence-corrected chi connectivity index (χ1v) is 5.94. The zero-order valence-electron chi connectivity index (χ0n) is 12.1. The minimum absolute atomic E-state index is 0.182. The lowest BCUT2D eigenvalue weighted by Gasteiger charge is -2.11. The van der Waals surface area contributed by atoms with E-state index in [1.54, 1.807) is 38.2 Å². The van der Waals surface area contributed by atoms with Crippen molar-refractivity contribution in [3.8, 4) is 11.5 Å². The molecule has 1 amide bonds. The van der Waals surface area contributed by atoms with Gasteiger partial charge in [0.25, 0.3) is 5.91 Å². The Morgan fingerprint density at radius 3 is 2.37 bits per heavy atom. The van der Waals surface area contributed by atoms with Crippen LogP contribution in [-0.2, 0) is 11.2 Å². The minimum Gasteiger partial charge on any atom is -0.493 e. The van der Waals surface area contributed by atoms with Crippen LogP contribution in [0.25, 0.3) is 0 Å². The fraction of sp³-hybridized carbons (Fsp3) is 0.429. The predicted molar refractivity (Wildman–Crippen MR) is 75.1 cm³/mol. The molecule has 0 N–H and O–H groups in total. The first-order valence-electron chi connectivity index (χ1n) is 5.94. The lowest BCUT2D eigenvalue weighted by molar-refractivity contribution is -0.117. The summed E-state index contributed by atoms with van der Waals surface area (Å²) in [6, 6.07) is 5.40. The summed E-state index contributed by atoms with van der Waals surface area (Å²) < 4.78 is 10.3. The highest BCUT2D eigenvalue weighted by Gasteiger charge is 2.08. The summed E-state index contributed by atoms with van der Waals surface area (Å²) >= 11 is 0. The van der Waals surface area contributed by atoms with E-state index in [4.69, 9.17) is 9.47 Å². The summed E-state index contributed by atoms with van der Waals surface area (Å²) in [5.41, 5.74) is 0.845. The Balaban J connectivity index is 2.83. The van der Waals surface area contributed by atoms with Gasteiger partial charge in [0.2, 0.25) is 0 Å². The van der Waals surface area contributed by atoms with E-state index in [2.05, 4.69) is 4.99 Å². The average Bonchev–Trinajstić information content (AvgIpc) is 2.38. The molecule has 0 atom stereocenters. The third kappa shape index (κ3) is 4.28. The molecule has 104 valence electrons. The molecule has 0 bridgehead atoms. The highest BCUT2D eigenvalue weighted by atomic mass is 16.5. The molecule has 19 heavy (non-hydrogen) atoms. The number of benzene rings is 1. The Labute approximate surface area is 113 Å². The summed E-state index contributed by atoms with van der Waals surface area (Å²) in [5, 5.41) is 0. The molecular weight excluding hydrogens is 244 g/mol. The van der Waals surface area contributed by atoms with Crippen molar-refractivity contribution >= 4 is 11.7 Å². The smallest absolute Gasteiger partial charge is 0.251 e. The molecule has 1 rings (SSSR count). The number of carbonyl (C=O) groups is 1. The maximum atomic E-state index is 11.8. The first-order chi connectivity index (χ1) is 8.97. The molecular formula is C14H20N2O3. The van der Waals surface area contributed by atoms with Crippen LogP contribution in [0, 0.1) is 0 Å². The van der Waals surface area contributed by atoms with Crippen molar-refractivity contribution in [1.82, 2.24) is 4.90 Å². The van der Waals surface area contributed by atoms with Gasteiger partial charge in [-0.1, -0.05) is 6.07 Å². The zero-order chi connectivity index (χ0) is 14.4. The Bertz CT molecular complexity index is 482. The normalized spacial score (nSPS) is 11.1. The van der Waals surface area contributed by atoms with Crippen LogP contribution in [-0.4, -0.2) is 45.0 Å². The van der Waals surface area contributed by atoms with Gasteiger partial charge in [-0.15, -0.1) is 0 Å². The van der Waals surface area contributed by atoms with Crippen molar-refractivity contribution in [3.05, 3.63) is 23.8 Å². The molecule has 1 aromatic rings. The van der Waals surface area contributed by atoms with Crippen LogP contribution >= 0.6 is 0 Å². The van der Waals surface area contributed by atoms with Crippen LogP contribution in [0.3, 0.4) is 0 Å². The Morgan fingerprint density at radius 2 is 1.84 bits per heavy atom. The zero-order valence-corrected chi connectivity index (χ0v) is 12.1. The molecule has 0 radical (unpaired) electrons. The summed E-state index contributed by atoms with van der Waals surface area (Å²) in [6.45, 7) is 1.80. The van der Waals surface area contributed by atoms with Crippen molar-refractivity contribution in [2.75, 3.05) is 28.3 Å². The summed E-state index contributed by atoms with van der Waals surface area (Å²) in [4.78, 5) is 17.6. The number of amidine groups is 1. The van der Waals surface area contributed by atoms with Crippen molar-refractivity contribution < 1.29 is 14.3 Å². The molecule has 0 aliphatic heterocycles. The summed E-state index contributed by atoms with van der Waals surface area (Å²) in [7, 11) is 6.84. The maximum Gasteiger partial charge on any atom is 0.251 e. The van der Waals surface area contributed by atoms with Gasteiger partial charge < -0.3 is 14.4 Å². The van der Waals surface area contributed by atoms with E-state index in [0.29, 0.717) is 17.3 Å². The molecule has 0 aliphatic rings. The standard InChI is InChI=1S/C14H20N2O3/c1-10(16(2)3)15-14(17)9-11-6-7-12(18-4)13(8-11)19-5/h6-8H,9H2,1-5H3/b15-10+. The molecule has 0 spiro atoms. The van der Waals surface area contributed by atoms with E-state index in [-0.39, 0.29) is 12.3 Å². The second-order valence-corrected chi connectivity index (χ2v) is 4.31. The van der Waals surface area contributed by atoms with Crippen molar-refractivity contribution in [2.24, 2.45) is 4.99 Å². The highest BCUT2D eigenvalue weighted by Crippen LogP contribution is 2.27. The molecule has 5 heteroatoms. The molecule has 0 aromatic heterocycles. The number of nitrogens with zero attached hydrogens (tertiary/aromatic N) is 2. The van der Waals surface area contributed by atoms with Gasteiger partial charge in [-0.05, 0) is 24.6 Å². The molecule has 0 unspecified atom stereocenters. The van der Waals surface area contributed by atoms with Crippen LogP contribution in [0.2, 0.25) is 0 Å². The lowest BCUT2D eigenvalue weighted by atomic mass is 10.1. The number of rotatable bonds is 4. The molecule has 0 heterocycles. The van der Waals surface area contributed by atoms with E-state index < -0.39 is 0 Å². The number of amides is 1. The largest absolute Gasteiger partial charge is 0.493 e.